The Kier molecular flexibility index (Phi) is 10.4. The molecule has 0 fully saturated rings. The highest BCUT2D eigenvalue weighted by atomic mass is 16.5. The molecule has 5 rings (SSSR count). The number of carboxylic acid groups (broad SMARTS) is 1. The number of ether oxygens (including phenoxy) is 3. The largest absolute Gasteiger partial charge is 0.491 e. The number of aryl methyl sites for hydroxylation is 1. The number of carbonyl (C=O) groups is 1. The summed E-state index contributed by atoms with van der Waals surface area (Å²) in [7, 11) is 0. The first-order valence-corrected chi connectivity index (χ1v) is 15.2. The maximum absolute atomic E-state index is 11.4. The average Bonchev–Trinajstić information content (AvgIpc) is 3.16. The molecule has 0 radical (unpaired) electrons. The van der Waals surface area contributed by atoms with Crippen molar-refractivity contribution in [1.29, 1.82) is 0 Å². The van der Waals surface area contributed by atoms with Gasteiger partial charge in [-0.25, -0.2) is 4.79 Å². The van der Waals surface area contributed by atoms with Crippen LogP contribution in [0.4, 0.5) is 0 Å². The van der Waals surface area contributed by atoms with Crippen molar-refractivity contribution in [3.63, 3.8) is 0 Å². The Labute approximate surface area is 254 Å². The van der Waals surface area contributed by atoms with Crippen LogP contribution in [0.25, 0.3) is 12.2 Å². The van der Waals surface area contributed by atoms with Gasteiger partial charge in [0.25, 0.3) is 0 Å². The lowest BCUT2D eigenvalue weighted by Crippen LogP contribution is -2.26. The van der Waals surface area contributed by atoms with Crippen LogP contribution in [0.5, 0.6) is 5.75 Å². The summed E-state index contributed by atoms with van der Waals surface area (Å²) < 4.78 is 17.9. The molecule has 0 saturated carbocycles. The van der Waals surface area contributed by atoms with Crippen LogP contribution >= 0.6 is 0 Å². The fourth-order valence-electron chi connectivity index (χ4n) is 5.61. The third-order valence-corrected chi connectivity index (χ3v) is 7.72. The highest BCUT2D eigenvalue weighted by Crippen LogP contribution is 2.37. The van der Waals surface area contributed by atoms with E-state index in [-0.39, 0.29) is 6.10 Å². The van der Waals surface area contributed by atoms with Crippen LogP contribution < -0.4 is 4.74 Å². The summed E-state index contributed by atoms with van der Waals surface area (Å²) in [6.45, 7) is 5.17. The van der Waals surface area contributed by atoms with Gasteiger partial charge in [0, 0.05) is 13.0 Å². The van der Waals surface area contributed by atoms with Crippen LogP contribution in [-0.2, 0) is 33.5 Å². The Balaban J connectivity index is 1.29. The summed E-state index contributed by atoms with van der Waals surface area (Å²) in [6.07, 6.45) is 6.75. The predicted molar refractivity (Wildman–Crippen MR) is 172 cm³/mol. The first kappa shape index (κ1) is 30.3. The number of carboxylic acids is 1. The van der Waals surface area contributed by atoms with Gasteiger partial charge in [0.15, 0.2) is 6.10 Å². The molecule has 0 heterocycles. The number of rotatable bonds is 14. The molecule has 1 aliphatic rings. The summed E-state index contributed by atoms with van der Waals surface area (Å²) in [5.41, 5.74) is 9.48. The zero-order chi connectivity index (χ0) is 30.0. The van der Waals surface area contributed by atoms with Gasteiger partial charge in [-0.1, -0.05) is 104 Å². The molecule has 5 heteroatoms. The molecule has 0 bridgehead atoms. The van der Waals surface area contributed by atoms with Crippen molar-refractivity contribution in [2.75, 3.05) is 19.8 Å². The first-order chi connectivity index (χ1) is 21.0. The predicted octanol–water partition coefficient (Wildman–Crippen LogP) is 7.93. The van der Waals surface area contributed by atoms with Crippen LogP contribution in [0.1, 0.15) is 70.9 Å². The lowest BCUT2D eigenvalue weighted by atomic mass is 9.92. The van der Waals surface area contributed by atoms with Gasteiger partial charge in [-0.3, -0.25) is 0 Å². The zero-order valence-electron chi connectivity index (χ0n) is 25.0. The van der Waals surface area contributed by atoms with E-state index in [9.17, 15) is 9.90 Å². The van der Waals surface area contributed by atoms with E-state index in [1.165, 1.54) is 27.8 Å². The van der Waals surface area contributed by atoms with E-state index in [0.29, 0.717) is 32.0 Å². The minimum atomic E-state index is -0.954. The average molecular weight is 577 g/mol. The normalized spacial score (nSPS) is 14.4. The fourth-order valence-corrected chi connectivity index (χ4v) is 5.61. The molecule has 0 spiro atoms. The van der Waals surface area contributed by atoms with Gasteiger partial charge in [-0.05, 0) is 76.4 Å². The van der Waals surface area contributed by atoms with Crippen molar-refractivity contribution < 1.29 is 24.1 Å². The summed E-state index contributed by atoms with van der Waals surface area (Å²) in [6, 6.07) is 31.5. The van der Waals surface area contributed by atoms with E-state index in [1.54, 1.807) is 6.92 Å². The number of benzene rings is 4. The Hall–Kier alpha value is -4.19. The number of fused-ring (bicyclic) bond motifs is 2. The molecule has 4 aromatic rings. The van der Waals surface area contributed by atoms with Crippen molar-refractivity contribution in [3.05, 3.63) is 136 Å². The van der Waals surface area contributed by atoms with E-state index in [0.717, 1.165) is 36.0 Å². The van der Waals surface area contributed by atoms with E-state index >= 15 is 0 Å². The molecule has 4 aromatic carbocycles. The van der Waals surface area contributed by atoms with E-state index in [4.69, 9.17) is 14.2 Å². The van der Waals surface area contributed by atoms with Crippen molar-refractivity contribution in [2.45, 2.75) is 51.7 Å². The Morgan fingerprint density at radius 1 is 0.767 bits per heavy atom. The van der Waals surface area contributed by atoms with Crippen molar-refractivity contribution in [2.24, 2.45) is 0 Å². The summed E-state index contributed by atoms with van der Waals surface area (Å²) in [5.74, 6) is -0.237. The minimum Gasteiger partial charge on any atom is -0.491 e. The van der Waals surface area contributed by atoms with Crippen LogP contribution in [0.15, 0.2) is 91.0 Å². The van der Waals surface area contributed by atoms with Crippen LogP contribution in [0, 0.1) is 0 Å². The van der Waals surface area contributed by atoms with Crippen LogP contribution in [0.2, 0.25) is 0 Å². The topological polar surface area (TPSA) is 65.0 Å². The SMILES string of the molecule is CCCc1ccc2c(c1)C=Cc1cc(Cc3ccccc3)ccc1C2OCCOc1ccc(CC(OCC)C(=O)O)cc1. The van der Waals surface area contributed by atoms with Crippen molar-refractivity contribution >= 4 is 18.1 Å². The Morgan fingerprint density at radius 3 is 2.07 bits per heavy atom. The van der Waals surface area contributed by atoms with Crippen LogP contribution in [0.3, 0.4) is 0 Å². The molecular weight excluding hydrogens is 536 g/mol. The molecule has 5 nitrogen and oxygen atoms in total. The van der Waals surface area contributed by atoms with Gasteiger partial charge in [-0.15, -0.1) is 0 Å². The number of hydrogen-bond donors (Lipinski definition) is 1. The summed E-state index contributed by atoms with van der Waals surface area (Å²) in [4.78, 5) is 11.4. The van der Waals surface area contributed by atoms with Gasteiger partial charge in [0.2, 0.25) is 0 Å². The minimum absolute atomic E-state index is 0.209. The van der Waals surface area contributed by atoms with E-state index in [1.807, 2.05) is 24.3 Å². The van der Waals surface area contributed by atoms with Gasteiger partial charge in [0.1, 0.15) is 18.5 Å². The molecule has 1 aliphatic carbocycles. The molecule has 222 valence electrons. The molecule has 0 aliphatic heterocycles. The second kappa shape index (κ2) is 14.8. The number of aliphatic carboxylic acids is 1. The highest BCUT2D eigenvalue weighted by molar-refractivity contribution is 5.77. The molecular formula is C38H40O5. The quantitative estimate of drug-likeness (QED) is 0.154. The molecule has 2 atom stereocenters. The van der Waals surface area contributed by atoms with Crippen LogP contribution in [-0.4, -0.2) is 37.0 Å². The standard InChI is InChI=1S/C38H40O5/c1-3-8-27-13-19-34-31(24-27)15-16-32-25-30(23-28-9-6-5-7-10-28)14-20-35(32)37(34)43-22-21-42-33-17-11-29(12-18-33)26-36(38(39)40)41-4-2/h5-7,9-20,24-25,36-37H,3-4,8,21-23,26H2,1-2H3,(H,39,40). The van der Waals surface area contributed by atoms with Gasteiger partial charge < -0.3 is 19.3 Å². The molecule has 0 aromatic heterocycles. The third kappa shape index (κ3) is 8.01. The maximum Gasteiger partial charge on any atom is 0.333 e. The van der Waals surface area contributed by atoms with Crippen molar-refractivity contribution in [3.8, 4) is 5.75 Å². The van der Waals surface area contributed by atoms with Gasteiger partial charge >= 0.3 is 5.97 Å². The fraction of sp³-hybridized carbons (Fsp3) is 0.289. The summed E-state index contributed by atoms with van der Waals surface area (Å²) >= 11 is 0. The Morgan fingerprint density at radius 2 is 1.42 bits per heavy atom. The van der Waals surface area contributed by atoms with E-state index in [2.05, 4.69) is 85.8 Å². The second-order valence-electron chi connectivity index (χ2n) is 10.9. The lowest BCUT2D eigenvalue weighted by molar-refractivity contribution is -0.149. The molecule has 1 N–H and O–H groups in total. The molecule has 0 saturated heterocycles. The highest BCUT2D eigenvalue weighted by Gasteiger charge is 2.23. The number of hydrogen-bond acceptors (Lipinski definition) is 4. The van der Waals surface area contributed by atoms with E-state index < -0.39 is 12.1 Å². The maximum atomic E-state index is 11.4. The van der Waals surface area contributed by atoms with Gasteiger partial charge in [0.05, 0.1) is 6.61 Å². The van der Waals surface area contributed by atoms with Crippen molar-refractivity contribution in [1.82, 2.24) is 0 Å². The second-order valence-corrected chi connectivity index (χ2v) is 10.9. The smallest absolute Gasteiger partial charge is 0.333 e. The van der Waals surface area contributed by atoms with Gasteiger partial charge in [-0.2, -0.15) is 0 Å². The zero-order valence-corrected chi connectivity index (χ0v) is 25.0. The summed E-state index contributed by atoms with van der Waals surface area (Å²) in [5, 5.41) is 9.35. The monoisotopic (exact) mass is 576 g/mol. The molecule has 43 heavy (non-hydrogen) atoms. The molecule has 2 unspecified atom stereocenters. The Bertz CT molecular complexity index is 1520. The molecule has 0 amide bonds. The third-order valence-electron chi connectivity index (χ3n) is 7.72. The lowest BCUT2D eigenvalue weighted by Gasteiger charge is -2.22. The first-order valence-electron chi connectivity index (χ1n) is 15.2.